The average molecular weight is 389 g/mol. The van der Waals surface area contributed by atoms with E-state index in [1.165, 1.54) is 12.5 Å². The van der Waals surface area contributed by atoms with E-state index in [2.05, 4.69) is 10.6 Å². The van der Waals surface area contributed by atoms with Crippen LogP contribution in [0.3, 0.4) is 0 Å². The number of halogens is 2. The van der Waals surface area contributed by atoms with Crippen molar-refractivity contribution in [3.63, 3.8) is 0 Å². The highest BCUT2D eigenvalue weighted by molar-refractivity contribution is 6.34. The number of aryl methyl sites for hydroxylation is 1. The summed E-state index contributed by atoms with van der Waals surface area (Å²) in [6, 6.07) is 9.19. The lowest BCUT2D eigenvalue weighted by molar-refractivity contribution is 0.0926. The number of hydrogen-bond acceptors (Lipinski definition) is 2. The predicted molar refractivity (Wildman–Crippen MR) is 105 cm³/mol. The van der Waals surface area contributed by atoms with Gasteiger partial charge < -0.3 is 10.6 Å². The molecule has 0 atom stereocenters. The highest BCUT2D eigenvalue weighted by Gasteiger charge is 2.19. The van der Waals surface area contributed by atoms with Gasteiger partial charge in [0.15, 0.2) is 0 Å². The monoisotopic (exact) mass is 388 g/mol. The van der Waals surface area contributed by atoms with Crippen LogP contribution >= 0.6 is 11.6 Å². The van der Waals surface area contributed by atoms with Crippen LogP contribution in [0.15, 0.2) is 36.4 Å². The van der Waals surface area contributed by atoms with Gasteiger partial charge in [0.2, 0.25) is 0 Å². The molecule has 142 valence electrons. The molecule has 0 bridgehead atoms. The third kappa shape index (κ3) is 4.86. The lowest BCUT2D eigenvalue weighted by atomic mass is 9.95. The average Bonchev–Trinajstić information content (AvgIpc) is 2.66. The molecule has 4 nitrogen and oxygen atoms in total. The summed E-state index contributed by atoms with van der Waals surface area (Å²) in [5.74, 6) is -1.13. The smallest absolute Gasteiger partial charge is 0.255 e. The second-order valence-corrected chi connectivity index (χ2v) is 7.33. The minimum Gasteiger partial charge on any atom is -0.349 e. The zero-order valence-electron chi connectivity index (χ0n) is 15.1. The maximum atomic E-state index is 13.7. The van der Waals surface area contributed by atoms with Gasteiger partial charge >= 0.3 is 0 Å². The molecule has 27 heavy (non-hydrogen) atoms. The minimum atomic E-state index is -0.449. The van der Waals surface area contributed by atoms with Crippen LogP contribution in [0.5, 0.6) is 0 Å². The van der Waals surface area contributed by atoms with Crippen molar-refractivity contribution in [1.82, 2.24) is 5.32 Å². The van der Waals surface area contributed by atoms with Crippen LogP contribution in [0.1, 0.15) is 58.4 Å². The van der Waals surface area contributed by atoms with Gasteiger partial charge in [-0.25, -0.2) is 4.39 Å². The lowest BCUT2D eigenvalue weighted by Gasteiger charge is -2.23. The Morgan fingerprint density at radius 3 is 2.48 bits per heavy atom. The van der Waals surface area contributed by atoms with Crippen molar-refractivity contribution in [2.45, 2.75) is 45.1 Å². The van der Waals surface area contributed by atoms with Crippen molar-refractivity contribution >= 4 is 29.1 Å². The number of benzene rings is 2. The van der Waals surface area contributed by atoms with Gasteiger partial charge in [-0.05, 0) is 55.7 Å². The molecule has 1 fully saturated rings. The molecule has 0 saturated heterocycles. The van der Waals surface area contributed by atoms with Crippen molar-refractivity contribution in [1.29, 1.82) is 0 Å². The molecule has 3 rings (SSSR count). The molecule has 1 saturated carbocycles. The molecular weight excluding hydrogens is 367 g/mol. The van der Waals surface area contributed by atoms with E-state index in [9.17, 15) is 14.0 Å². The number of carbonyl (C=O) groups excluding carboxylic acids is 2. The van der Waals surface area contributed by atoms with E-state index in [0.717, 1.165) is 25.7 Å². The fourth-order valence-corrected chi connectivity index (χ4v) is 3.43. The van der Waals surface area contributed by atoms with Gasteiger partial charge in [-0.2, -0.15) is 0 Å². The summed E-state index contributed by atoms with van der Waals surface area (Å²) in [5.41, 5.74) is 1.43. The molecule has 2 aromatic rings. The summed E-state index contributed by atoms with van der Waals surface area (Å²) < 4.78 is 13.7. The molecule has 0 aliphatic heterocycles. The molecule has 1 aliphatic carbocycles. The molecule has 0 radical (unpaired) electrons. The van der Waals surface area contributed by atoms with E-state index in [1.54, 1.807) is 37.3 Å². The van der Waals surface area contributed by atoms with Gasteiger partial charge in [0.1, 0.15) is 5.82 Å². The fourth-order valence-electron chi connectivity index (χ4n) is 3.22. The predicted octanol–water partition coefficient (Wildman–Crippen LogP) is 5.10. The Labute approximate surface area is 163 Å². The maximum absolute atomic E-state index is 13.7. The van der Waals surface area contributed by atoms with Crippen molar-refractivity contribution in [3.8, 4) is 0 Å². The SMILES string of the molecule is Cc1ccc(C(=O)Nc2ccc(Cl)c(C(=O)NC3CCCCC3)c2)cc1F. The van der Waals surface area contributed by atoms with E-state index >= 15 is 0 Å². The Bertz CT molecular complexity index is 863. The van der Waals surface area contributed by atoms with E-state index in [-0.39, 0.29) is 17.5 Å². The van der Waals surface area contributed by atoms with Gasteiger partial charge in [-0.15, -0.1) is 0 Å². The summed E-state index contributed by atoms with van der Waals surface area (Å²) in [4.78, 5) is 24.9. The number of nitrogens with one attached hydrogen (secondary N) is 2. The third-order valence-electron chi connectivity index (χ3n) is 4.84. The summed E-state index contributed by atoms with van der Waals surface area (Å²) in [5, 5.41) is 6.02. The number of amides is 2. The van der Waals surface area contributed by atoms with Gasteiger partial charge in [-0.1, -0.05) is 36.9 Å². The molecule has 2 N–H and O–H groups in total. The van der Waals surface area contributed by atoms with Crippen molar-refractivity contribution in [2.24, 2.45) is 0 Å². The van der Waals surface area contributed by atoms with Crippen LogP contribution < -0.4 is 10.6 Å². The standard InChI is InChI=1S/C21H22ClFN2O2/c1-13-7-8-14(11-19(13)23)20(26)25-16-9-10-18(22)17(12-16)21(27)24-15-5-3-2-4-6-15/h7-12,15H,2-6H2,1H3,(H,24,27)(H,25,26). The minimum absolute atomic E-state index is 0.163. The molecule has 6 heteroatoms. The molecule has 0 aromatic heterocycles. The van der Waals surface area contributed by atoms with E-state index in [1.807, 2.05) is 0 Å². The van der Waals surface area contributed by atoms with Gasteiger partial charge in [0.05, 0.1) is 10.6 Å². The number of carbonyl (C=O) groups is 2. The zero-order chi connectivity index (χ0) is 19.4. The first kappa shape index (κ1) is 19.4. The van der Waals surface area contributed by atoms with Crippen molar-refractivity contribution in [3.05, 3.63) is 63.9 Å². The molecule has 0 unspecified atom stereocenters. The van der Waals surface area contributed by atoms with E-state index in [4.69, 9.17) is 11.6 Å². The van der Waals surface area contributed by atoms with E-state index in [0.29, 0.717) is 21.8 Å². The molecular formula is C21H22ClFN2O2. The fraction of sp³-hybridized carbons (Fsp3) is 0.333. The Morgan fingerprint density at radius 2 is 1.78 bits per heavy atom. The first-order valence-electron chi connectivity index (χ1n) is 9.12. The summed E-state index contributed by atoms with van der Waals surface area (Å²) in [7, 11) is 0. The van der Waals surface area contributed by atoms with E-state index < -0.39 is 11.7 Å². The van der Waals surface area contributed by atoms with Gasteiger partial charge in [0, 0.05) is 17.3 Å². The number of anilines is 1. The second-order valence-electron chi connectivity index (χ2n) is 6.92. The number of rotatable bonds is 4. The van der Waals surface area contributed by atoms with Crippen molar-refractivity contribution in [2.75, 3.05) is 5.32 Å². The molecule has 0 heterocycles. The zero-order valence-corrected chi connectivity index (χ0v) is 15.9. The van der Waals surface area contributed by atoms with Gasteiger partial charge in [-0.3, -0.25) is 9.59 Å². The van der Waals surface area contributed by atoms with Gasteiger partial charge in [0.25, 0.3) is 11.8 Å². The van der Waals surface area contributed by atoms with Crippen LogP contribution in [0.4, 0.5) is 10.1 Å². The summed E-state index contributed by atoms with van der Waals surface area (Å²) in [6.45, 7) is 1.63. The van der Waals surface area contributed by atoms with Crippen LogP contribution in [-0.4, -0.2) is 17.9 Å². The summed E-state index contributed by atoms with van der Waals surface area (Å²) in [6.07, 6.45) is 5.37. The maximum Gasteiger partial charge on any atom is 0.255 e. The molecule has 2 aromatic carbocycles. The highest BCUT2D eigenvalue weighted by Crippen LogP contribution is 2.23. The topological polar surface area (TPSA) is 58.2 Å². The largest absolute Gasteiger partial charge is 0.349 e. The van der Waals surface area contributed by atoms with Crippen LogP contribution in [-0.2, 0) is 0 Å². The quantitative estimate of drug-likeness (QED) is 0.765. The normalized spacial score (nSPS) is 14.6. The molecule has 2 amide bonds. The Kier molecular flexibility index (Phi) is 6.11. The molecule has 0 spiro atoms. The van der Waals surface area contributed by atoms with Crippen molar-refractivity contribution < 1.29 is 14.0 Å². The second kappa shape index (κ2) is 8.53. The number of hydrogen-bond donors (Lipinski definition) is 2. The lowest BCUT2D eigenvalue weighted by Crippen LogP contribution is -2.36. The Hall–Kier alpha value is -2.40. The highest BCUT2D eigenvalue weighted by atomic mass is 35.5. The first-order chi connectivity index (χ1) is 12.9. The summed E-state index contributed by atoms with van der Waals surface area (Å²) >= 11 is 6.18. The Morgan fingerprint density at radius 1 is 1.04 bits per heavy atom. The first-order valence-corrected chi connectivity index (χ1v) is 9.50. The Balaban J connectivity index is 1.73. The van der Waals surface area contributed by atoms with Crippen LogP contribution in [0.2, 0.25) is 5.02 Å². The van der Waals surface area contributed by atoms with Crippen LogP contribution in [0, 0.1) is 12.7 Å². The third-order valence-corrected chi connectivity index (χ3v) is 5.17. The molecule has 1 aliphatic rings. The van der Waals surface area contributed by atoms with Crippen LogP contribution in [0.25, 0.3) is 0 Å².